The molecule has 0 heterocycles. The van der Waals surface area contributed by atoms with Crippen LogP contribution in [0.3, 0.4) is 0 Å². The fourth-order valence-electron chi connectivity index (χ4n) is 3.84. The molecule has 4 rings (SSSR count). The Morgan fingerprint density at radius 2 is 1.19 bits per heavy atom. The van der Waals surface area contributed by atoms with Crippen LogP contribution in [0.15, 0.2) is 71.6 Å². The van der Waals surface area contributed by atoms with Gasteiger partial charge in [0.1, 0.15) is 4.90 Å². The zero-order valence-electron chi connectivity index (χ0n) is 15.8. The van der Waals surface area contributed by atoms with Gasteiger partial charge in [-0.05, 0) is 33.7 Å². The Labute approximate surface area is 177 Å². The highest BCUT2D eigenvalue weighted by Crippen LogP contribution is 2.50. The van der Waals surface area contributed by atoms with Gasteiger partial charge in [-0.1, -0.05) is 54.6 Å². The van der Waals surface area contributed by atoms with E-state index in [2.05, 4.69) is 0 Å². The van der Waals surface area contributed by atoms with E-state index < -0.39 is 49.6 Å². The van der Waals surface area contributed by atoms with Gasteiger partial charge in [-0.25, -0.2) is 0 Å². The number of rotatable bonds is 2. The lowest BCUT2D eigenvalue weighted by Crippen LogP contribution is -2.17. The number of halogens is 6. The minimum atomic E-state index is -5.44. The van der Waals surface area contributed by atoms with Crippen molar-refractivity contribution in [3.63, 3.8) is 0 Å². The Morgan fingerprint density at radius 1 is 0.656 bits per heavy atom. The molecule has 32 heavy (non-hydrogen) atoms. The van der Waals surface area contributed by atoms with Crippen molar-refractivity contribution >= 4 is 31.7 Å². The van der Waals surface area contributed by atoms with Gasteiger partial charge < -0.3 is 0 Å². The summed E-state index contributed by atoms with van der Waals surface area (Å²) >= 11 is 0. The van der Waals surface area contributed by atoms with Crippen LogP contribution in [0, 0.1) is 0 Å². The third kappa shape index (κ3) is 3.69. The average Bonchev–Trinajstić information content (AvgIpc) is 2.69. The first-order valence-corrected chi connectivity index (χ1v) is 10.4. The van der Waals surface area contributed by atoms with Crippen molar-refractivity contribution in [3.8, 4) is 11.1 Å². The second-order valence-electron chi connectivity index (χ2n) is 7.03. The summed E-state index contributed by atoms with van der Waals surface area (Å²) in [5.74, 6) is 0. The van der Waals surface area contributed by atoms with E-state index in [0.29, 0.717) is 12.1 Å². The van der Waals surface area contributed by atoms with Crippen LogP contribution in [0.2, 0.25) is 0 Å². The molecule has 0 aliphatic heterocycles. The quantitative estimate of drug-likeness (QED) is 0.255. The minimum absolute atomic E-state index is 0.0795. The molecule has 1 N–H and O–H groups in total. The molecule has 0 amide bonds. The molecule has 0 aromatic heterocycles. The maximum atomic E-state index is 14.2. The van der Waals surface area contributed by atoms with Gasteiger partial charge in [0.25, 0.3) is 10.1 Å². The summed E-state index contributed by atoms with van der Waals surface area (Å²) in [6.07, 6.45) is -10.4. The first-order valence-electron chi connectivity index (χ1n) is 9.00. The largest absolute Gasteiger partial charge is 0.418 e. The molecule has 10 heteroatoms. The van der Waals surface area contributed by atoms with Gasteiger partial charge in [0.2, 0.25) is 0 Å². The maximum absolute atomic E-state index is 14.2. The third-order valence-corrected chi connectivity index (χ3v) is 5.94. The van der Waals surface area contributed by atoms with E-state index in [1.807, 2.05) is 0 Å². The second-order valence-corrected chi connectivity index (χ2v) is 8.42. The Morgan fingerprint density at radius 3 is 1.72 bits per heavy atom. The molecule has 0 saturated heterocycles. The van der Waals surface area contributed by atoms with Gasteiger partial charge in [-0.2, -0.15) is 34.8 Å². The normalized spacial score (nSPS) is 13.1. The fourth-order valence-corrected chi connectivity index (χ4v) is 4.60. The van der Waals surface area contributed by atoms with E-state index >= 15 is 0 Å². The van der Waals surface area contributed by atoms with Gasteiger partial charge in [-0.3, -0.25) is 4.55 Å². The number of hydrogen-bond donors (Lipinski definition) is 1. The monoisotopic (exact) mass is 470 g/mol. The van der Waals surface area contributed by atoms with Crippen LogP contribution in [-0.2, 0) is 22.5 Å². The molecule has 0 atom stereocenters. The first kappa shape index (κ1) is 22.1. The molecule has 0 unspecified atom stereocenters. The molecule has 0 radical (unpaired) electrons. The summed E-state index contributed by atoms with van der Waals surface area (Å²) in [4.78, 5) is -1.51. The van der Waals surface area contributed by atoms with E-state index in [1.54, 1.807) is 0 Å². The second kappa shape index (κ2) is 7.21. The highest BCUT2D eigenvalue weighted by Gasteiger charge is 2.43. The van der Waals surface area contributed by atoms with Crippen LogP contribution in [-0.4, -0.2) is 13.0 Å². The molecule has 0 aliphatic carbocycles. The van der Waals surface area contributed by atoms with Crippen LogP contribution in [0.5, 0.6) is 0 Å². The summed E-state index contributed by atoms with van der Waals surface area (Å²) in [5, 5.41) is -0.242. The van der Waals surface area contributed by atoms with Gasteiger partial charge >= 0.3 is 12.4 Å². The lowest BCUT2D eigenvalue weighted by Gasteiger charge is -2.23. The molecular weight excluding hydrogens is 458 g/mol. The smallest absolute Gasteiger partial charge is 0.282 e. The molecule has 0 saturated carbocycles. The van der Waals surface area contributed by atoms with Crippen LogP contribution in [0.25, 0.3) is 32.7 Å². The molecule has 4 aromatic rings. The lowest BCUT2D eigenvalue weighted by molar-refractivity contribution is -0.140. The minimum Gasteiger partial charge on any atom is -0.282 e. The van der Waals surface area contributed by atoms with Crippen LogP contribution >= 0.6 is 0 Å². The molecule has 0 aliphatic rings. The molecule has 4 aromatic carbocycles. The summed E-state index contributed by atoms with van der Waals surface area (Å²) in [7, 11) is -5.44. The van der Waals surface area contributed by atoms with Crippen molar-refractivity contribution in [2.24, 2.45) is 0 Å². The van der Waals surface area contributed by atoms with Crippen molar-refractivity contribution in [1.29, 1.82) is 0 Å². The Bertz CT molecular complexity index is 1470. The van der Waals surface area contributed by atoms with Crippen LogP contribution in [0.1, 0.15) is 11.1 Å². The number of hydrogen-bond acceptors (Lipinski definition) is 2. The number of benzene rings is 4. The SMILES string of the molecule is O=S(=O)(O)c1cc2ccccc2c(-c2c(C(F)(F)F)ccc3ccccc23)c1C(F)(F)F. The van der Waals surface area contributed by atoms with E-state index in [-0.39, 0.29) is 21.5 Å². The topological polar surface area (TPSA) is 54.4 Å². The van der Waals surface area contributed by atoms with E-state index in [9.17, 15) is 39.3 Å². The van der Waals surface area contributed by atoms with Crippen molar-refractivity contribution in [2.45, 2.75) is 17.2 Å². The van der Waals surface area contributed by atoms with Gasteiger partial charge in [-0.15, -0.1) is 0 Å². The highest BCUT2D eigenvalue weighted by atomic mass is 32.2. The van der Waals surface area contributed by atoms with E-state index in [0.717, 1.165) is 6.07 Å². The van der Waals surface area contributed by atoms with E-state index in [1.165, 1.54) is 48.5 Å². The van der Waals surface area contributed by atoms with Gasteiger partial charge in [0.05, 0.1) is 11.1 Å². The average molecular weight is 470 g/mol. The number of alkyl halides is 6. The zero-order valence-corrected chi connectivity index (χ0v) is 16.6. The van der Waals surface area contributed by atoms with Crippen molar-refractivity contribution in [3.05, 3.63) is 77.9 Å². The lowest BCUT2D eigenvalue weighted by atomic mass is 9.86. The summed E-state index contributed by atoms with van der Waals surface area (Å²) in [6.45, 7) is 0. The number of fused-ring (bicyclic) bond motifs is 2. The molecule has 166 valence electrons. The van der Waals surface area contributed by atoms with Crippen LogP contribution < -0.4 is 0 Å². The van der Waals surface area contributed by atoms with Gasteiger partial charge in [0.15, 0.2) is 0 Å². The molecular formula is C22H12F6O3S. The van der Waals surface area contributed by atoms with Gasteiger partial charge in [0, 0.05) is 11.1 Å². The zero-order chi connectivity index (χ0) is 23.5. The maximum Gasteiger partial charge on any atom is 0.418 e. The first-order chi connectivity index (χ1) is 14.8. The standard InChI is InChI=1S/C22H12F6O3S/c23-21(24,25)16-10-9-12-5-1-3-7-14(12)18(16)19-15-8-4-2-6-13(15)11-17(32(29,30)31)20(19)22(26,27)28/h1-11H,(H,29,30,31). The Hall–Kier alpha value is -3.11. The predicted octanol–water partition coefficient (Wildman–Crippen LogP) is 6.94. The predicted molar refractivity (Wildman–Crippen MR) is 107 cm³/mol. The summed E-state index contributed by atoms with van der Waals surface area (Å²) in [6, 6.07) is 13.1. The molecule has 0 bridgehead atoms. The fraction of sp³-hybridized carbons (Fsp3) is 0.0909. The van der Waals surface area contributed by atoms with E-state index in [4.69, 9.17) is 0 Å². The Kier molecular flexibility index (Phi) is 4.98. The van der Waals surface area contributed by atoms with Crippen LogP contribution in [0.4, 0.5) is 26.3 Å². The third-order valence-electron chi connectivity index (χ3n) is 5.06. The van der Waals surface area contributed by atoms with Crippen molar-refractivity contribution in [1.82, 2.24) is 0 Å². The van der Waals surface area contributed by atoms with Crippen molar-refractivity contribution < 1.29 is 39.3 Å². The summed E-state index contributed by atoms with van der Waals surface area (Å²) < 4.78 is 118. The highest BCUT2D eigenvalue weighted by molar-refractivity contribution is 7.86. The Balaban J connectivity index is 2.39. The molecule has 0 spiro atoms. The molecule has 0 fully saturated rings. The van der Waals surface area contributed by atoms with Crippen molar-refractivity contribution in [2.75, 3.05) is 0 Å². The molecule has 3 nitrogen and oxygen atoms in total. The summed E-state index contributed by atoms with van der Waals surface area (Å²) in [5.41, 5.74) is -5.00.